The lowest BCUT2D eigenvalue weighted by atomic mass is 10.1. The van der Waals surface area contributed by atoms with E-state index in [0.717, 1.165) is 11.1 Å². The molecule has 0 unspecified atom stereocenters. The van der Waals surface area contributed by atoms with Crippen molar-refractivity contribution in [3.63, 3.8) is 0 Å². The van der Waals surface area contributed by atoms with Crippen LogP contribution in [0.3, 0.4) is 0 Å². The van der Waals surface area contributed by atoms with E-state index in [4.69, 9.17) is 0 Å². The Balaban J connectivity index is 2.36. The molecule has 7 heteroatoms. The summed E-state index contributed by atoms with van der Waals surface area (Å²) in [6.45, 7) is 0.629. The molecule has 2 N–H and O–H groups in total. The van der Waals surface area contributed by atoms with Gasteiger partial charge in [0.2, 0.25) is 0 Å². The van der Waals surface area contributed by atoms with Gasteiger partial charge in [0, 0.05) is 18.9 Å². The maximum atomic E-state index is 11.8. The number of pyridine rings is 1. The number of nitrogens with zero attached hydrogens (tertiary/aromatic N) is 1. The van der Waals surface area contributed by atoms with Crippen molar-refractivity contribution in [2.24, 2.45) is 0 Å². The smallest absolute Gasteiger partial charge is 0.334 e. The summed E-state index contributed by atoms with van der Waals surface area (Å²) in [5.74, 6) is 0. The first-order chi connectivity index (χ1) is 7.88. The number of carbonyl (C=O) groups is 1. The molecule has 0 bridgehead atoms. The normalized spacial score (nSPS) is 11.1. The van der Waals surface area contributed by atoms with Crippen LogP contribution < -0.4 is 10.6 Å². The molecule has 0 aliphatic heterocycles. The highest BCUT2D eigenvalue weighted by Crippen LogP contribution is 2.12. The third-order valence-electron chi connectivity index (χ3n) is 2.03. The molecule has 0 radical (unpaired) electrons. The molecule has 17 heavy (non-hydrogen) atoms. The van der Waals surface area contributed by atoms with Gasteiger partial charge in [-0.1, -0.05) is 0 Å². The first-order valence-corrected chi connectivity index (χ1v) is 4.86. The number of rotatable bonds is 3. The molecule has 1 aromatic heterocycles. The van der Waals surface area contributed by atoms with Crippen molar-refractivity contribution in [3.8, 4) is 0 Å². The molecule has 1 heterocycles. The van der Waals surface area contributed by atoms with Gasteiger partial charge in [0.1, 0.15) is 6.54 Å². The molecule has 4 nitrogen and oxygen atoms in total. The Morgan fingerprint density at radius 1 is 1.41 bits per heavy atom. The minimum absolute atomic E-state index is 0.165. The van der Waals surface area contributed by atoms with Crippen LogP contribution in [0.1, 0.15) is 11.1 Å². The Morgan fingerprint density at radius 2 is 2.12 bits per heavy atom. The minimum Gasteiger partial charge on any atom is -0.334 e. The van der Waals surface area contributed by atoms with Crippen LogP contribution in [0.5, 0.6) is 0 Å². The summed E-state index contributed by atoms with van der Waals surface area (Å²) in [4.78, 5) is 14.9. The number of carbonyl (C=O) groups excluding carboxylic acids is 1. The van der Waals surface area contributed by atoms with Crippen LogP contribution in [0.15, 0.2) is 18.5 Å². The highest BCUT2D eigenvalue weighted by Gasteiger charge is 2.27. The zero-order valence-electron chi connectivity index (χ0n) is 9.14. The van der Waals surface area contributed by atoms with Crippen molar-refractivity contribution in [2.75, 3.05) is 6.54 Å². The van der Waals surface area contributed by atoms with E-state index < -0.39 is 18.8 Å². The standard InChI is InChI=1S/C10H12F3N3O/c1-7-4-14-3-2-8(7)5-15-9(17)16-6-10(11,12)13/h2-4H,5-6H2,1H3,(H2,15,16,17). The number of hydrogen-bond acceptors (Lipinski definition) is 2. The molecule has 1 aromatic rings. The largest absolute Gasteiger partial charge is 0.405 e. The molecule has 0 saturated carbocycles. The van der Waals surface area contributed by atoms with Gasteiger partial charge in [0.15, 0.2) is 0 Å². The summed E-state index contributed by atoms with van der Waals surface area (Å²) in [7, 11) is 0. The second-order valence-electron chi connectivity index (χ2n) is 3.45. The number of aromatic nitrogens is 1. The predicted molar refractivity (Wildman–Crippen MR) is 55.3 cm³/mol. The number of nitrogens with one attached hydrogen (secondary N) is 2. The van der Waals surface area contributed by atoms with E-state index >= 15 is 0 Å². The molecule has 2 amide bonds. The number of alkyl halides is 3. The van der Waals surface area contributed by atoms with Gasteiger partial charge in [-0.15, -0.1) is 0 Å². The van der Waals surface area contributed by atoms with E-state index in [1.807, 2.05) is 0 Å². The molecular weight excluding hydrogens is 235 g/mol. The lowest BCUT2D eigenvalue weighted by Gasteiger charge is -2.10. The van der Waals surface area contributed by atoms with E-state index in [1.54, 1.807) is 30.7 Å². The SMILES string of the molecule is Cc1cnccc1CNC(=O)NCC(F)(F)F. The quantitative estimate of drug-likeness (QED) is 0.855. The van der Waals surface area contributed by atoms with Crippen molar-refractivity contribution >= 4 is 6.03 Å². The highest BCUT2D eigenvalue weighted by atomic mass is 19.4. The summed E-state index contributed by atoms with van der Waals surface area (Å²) in [5.41, 5.74) is 1.67. The van der Waals surface area contributed by atoms with Gasteiger partial charge in [0.05, 0.1) is 0 Å². The van der Waals surface area contributed by atoms with Crippen LogP contribution in [0.4, 0.5) is 18.0 Å². The highest BCUT2D eigenvalue weighted by molar-refractivity contribution is 5.73. The third kappa shape index (κ3) is 5.19. The first kappa shape index (κ1) is 13.3. The maximum Gasteiger partial charge on any atom is 0.405 e. The van der Waals surface area contributed by atoms with Crippen LogP contribution in [-0.4, -0.2) is 23.7 Å². The van der Waals surface area contributed by atoms with Gasteiger partial charge in [-0.25, -0.2) is 4.79 Å². The first-order valence-electron chi connectivity index (χ1n) is 4.86. The zero-order chi connectivity index (χ0) is 12.9. The second kappa shape index (κ2) is 5.51. The van der Waals surface area contributed by atoms with E-state index in [0.29, 0.717) is 0 Å². The molecular formula is C10H12F3N3O. The number of halogens is 3. The number of aryl methyl sites for hydroxylation is 1. The Morgan fingerprint density at radius 3 is 2.71 bits per heavy atom. The molecule has 0 aliphatic rings. The van der Waals surface area contributed by atoms with Crippen LogP contribution in [-0.2, 0) is 6.54 Å². The topological polar surface area (TPSA) is 54.0 Å². The summed E-state index contributed by atoms with van der Waals surface area (Å²) >= 11 is 0. The molecule has 0 aromatic carbocycles. The fourth-order valence-electron chi connectivity index (χ4n) is 1.12. The van der Waals surface area contributed by atoms with Crippen molar-refractivity contribution in [2.45, 2.75) is 19.6 Å². The van der Waals surface area contributed by atoms with Crippen molar-refractivity contribution in [3.05, 3.63) is 29.6 Å². The van der Waals surface area contributed by atoms with Crippen LogP contribution in [0.25, 0.3) is 0 Å². The fraction of sp³-hybridized carbons (Fsp3) is 0.400. The van der Waals surface area contributed by atoms with Gasteiger partial charge >= 0.3 is 12.2 Å². The van der Waals surface area contributed by atoms with E-state index in [-0.39, 0.29) is 6.54 Å². The van der Waals surface area contributed by atoms with E-state index in [9.17, 15) is 18.0 Å². The molecule has 0 aliphatic carbocycles. The monoisotopic (exact) mass is 247 g/mol. The molecule has 0 saturated heterocycles. The molecule has 0 fully saturated rings. The summed E-state index contributed by atoms with van der Waals surface area (Å²) in [6, 6.07) is 0.845. The Labute approximate surface area is 96.2 Å². The fourth-order valence-corrected chi connectivity index (χ4v) is 1.12. The molecule has 0 spiro atoms. The summed E-state index contributed by atoms with van der Waals surface area (Å²) in [5, 5.41) is 4.06. The van der Waals surface area contributed by atoms with Gasteiger partial charge in [-0.3, -0.25) is 4.98 Å². The summed E-state index contributed by atoms with van der Waals surface area (Å²) in [6.07, 6.45) is -1.23. The maximum absolute atomic E-state index is 11.8. The van der Waals surface area contributed by atoms with Crippen LogP contribution in [0, 0.1) is 6.92 Å². The second-order valence-corrected chi connectivity index (χ2v) is 3.45. The van der Waals surface area contributed by atoms with Gasteiger partial charge < -0.3 is 10.6 Å². The molecule has 94 valence electrons. The third-order valence-corrected chi connectivity index (χ3v) is 2.03. The van der Waals surface area contributed by atoms with Crippen molar-refractivity contribution in [1.82, 2.24) is 15.6 Å². The van der Waals surface area contributed by atoms with Crippen molar-refractivity contribution < 1.29 is 18.0 Å². The van der Waals surface area contributed by atoms with Gasteiger partial charge in [0.25, 0.3) is 0 Å². The lowest BCUT2D eigenvalue weighted by molar-refractivity contribution is -0.122. The lowest BCUT2D eigenvalue weighted by Crippen LogP contribution is -2.40. The Bertz CT molecular complexity index is 393. The molecule has 0 atom stereocenters. The Kier molecular flexibility index (Phi) is 4.30. The molecule has 1 rings (SSSR count). The number of amides is 2. The Hall–Kier alpha value is -1.79. The number of hydrogen-bond donors (Lipinski definition) is 2. The van der Waals surface area contributed by atoms with Gasteiger partial charge in [-0.2, -0.15) is 13.2 Å². The summed E-state index contributed by atoms with van der Waals surface area (Å²) < 4.78 is 35.4. The average molecular weight is 247 g/mol. The predicted octanol–water partition coefficient (Wildman–Crippen LogP) is 1.75. The van der Waals surface area contributed by atoms with Crippen LogP contribution >= 0.6 is 0 Å². The van der Waals surface area contributed by atoms with Crippen LogP contribution in [0.2, 0.25) is 0 Å². The minimum atomic E-state index is -4.40. The number of urea groups is 1. The average Bonchev–Trinajstić information content (AvgIpc) is 2.24. The van der Waals surface area contributed by atoms with Gasteiger partial charge in [-0.05, 0) is 24.1 Å². The van der Waals surface area contributed by atoms with Crippen molar-refractivity contribution in [1.29, 1.82) is 0 Å². The van der Waals surface area contributed by atoms with E-state index in [1.165, 1.54) is 0 Å². The zero-order valence-corrected chi connectivity index (χ0v) is 9.14. The van der Waals surface area contributed by atoms with E-state index in [2.05, 4.69) is 10.3 Å².